The van der Waals surface area contributed by atoms with Gasteiger partial charge in [-0.15, -0.1) is 6.58 Å². The molecule has 1 rings (SSSR count). The van der Waals surface area contributed by atoms with Crippen LogP contribution in [0, 0.1) is 5.92 Å². The van der Waals surface area contributed by atoms with Crippen molar-refractivity contribution in [2.75, 3.05) is 6.61 Å². The van der Waals surface area contributed by atoms with Gasteiger partial charge in [-0.3, -0.25) is 0 Å². The Balaban J connectivity index is 2.45. The van der Waals surface area contributed by atoms with Crippen molar-refractivity contribution in [2.24, 2.45) is 5.92 Å². The molecular weight excluding hydrogens is 282 g/mol. The summed E-state index contributed by atoms with van der Waals surface area (Å²) in [4.78, 5) is 23.7. The van der Waals surface area contributed by atoms with Gasteiger partial charge in [0.05, 0.1) is 6.61 Å². The molecule has 0 spiro atoms. The van der Waals surface area contributed by atoms with Gasteiger partial charge < -0.3 is 14.8 Å². The van der Waals surface area contributed by atoms with Gasteiger partial charge >= 0.3 is 12.1 Å². The minimum Gasteiger partial charge on any atom is -0.464 e. The first kappa shape index (κ1) is 17.8. The van der Waals surface area contributed by atoms with Crippen molar-refractivity contribution in [3.8, 4) is 0 Å². The lowest BCUT2D eigenvalue weighted by molar-refractivity contribution is -0.147. The van der Waals surface area contributed by atoms with Crippen molar-refractivity contribution in [1.29, 1.82) is 0 Å². The normalized spacial score (nSPS) is 11.6. The first-order chi connectivity index (χ1) is 10.5. The number of ether oxygens (including phenoxy) is 2. The third-order valence-corrected chi connectivity index (χ3v) is 2.75. The maximum absolute atomic E-state index is 11.9. The van der Waals surface area contributed by atoms with Crippen LogP contribution in [0.1, 0.15) is 25.8 Å². The Morgan fingerprint density at radius 2 is 1.91 bits per heavy atom. The number of carbonyl (C=O) groups excluding carboxylic acids is 2. The second kappa shape index (κ2) is 9.60. The molecule has 22 heavy (non-hydrogen) atoms. The maximum Gasteiger partial charge on any atom is 0.408 e. The van der Waals surface area contributed by atoms with E-state index in [2.05, 4.69) is 11.9 Å². The molecule has 1 unspecified atom stereocenters. The molecule has 0 aliphatic rings. The zero-order chi connectivity index (χ0) is 16.4. The number of alkyl carbamates (subject to hydrolysis) is 1. The highest BCUT2D eigenvalue weighted by atomic mass is 16.6. The van der Waals surface area contributed by atoms with Crippen LogP contribution in [0.3, 0.4) is 0 Å². The molecule has 0 saturated heterocycles. The molecule has 0 radical (unpaired) electrons. The Kier molecular flexibility index (Phi) is 7.75. The maximum atomic E-state index is 11.9. The van der Waals surface area contributed by atoms with Crippen LogP contribution in [0.25, 0.3) is 0 Å². The number of rotatable bonds is 8. The summed E-state index contributed by atoms with van der Waals surface area (Å²) in [6.07, 6.45) is 1.19. The third kappa shape index (κ3) is 6.92. The molecule has 1 atom stereocenters. The number of carbonyl (C=O) groups is 2. The summed E-state index contributed by atoms with van der Waals surface area (Å²) >= 11 is 0. The molecule has 0 fully saturated rings. The summed E-state index contributed by atoms with van der Waals surface area (Å²) in [5.74, 6) is -0.247. The van der Waals surface area contributed by atoms with Crippen LogP contribution in [0.4, 0.5) is 4.79 Å². The minimum atomic E-state index is -0.778. The van der Waals surface area contributed by atoms with E-state index in [9.17, 15) is 9.59 Å². The Bertz CT molecular complexity index is 485. The highest BCUT2D eigenvalue weighted by Gasteiger charge is 2.21. The number of esters is 1. The van der Waals surface area contributed by atoms with Crippen molar-refractivity contribution in [1.82, 2.24) is 5.32 Å². The first-order valence-electron chi connectivity index (χ1n) is 7.27. The quantitative estimate of drug-likeness (QED) is 0.592. The van der Waals surface area contributed by atoms with Crippen molar-refractivity contribution in [2.45, 2.75) is 32.9 Å². The van der Waals surface area contributed by atoms with E-state index in [1.54, 1.807) is 6.08 Å². The fourth-order valence-corrected chi connectivity index (χ4v) is 1.64. The van der Waals surface area contributed by atoms with Crippen molar-refractivity contribution >= 4 is 12.1 Å². The van der Waals surface area contributed by atoms with E-state index in [0.29, 0.717) is 6.61 Å². The molecule has 120 valence electrons. The summed E-state index contributed by atoms with van der Waals surface area (Å²) in [6.45, 7) is 7.92. The molecule has 1 N–H and O–H groups in total. The Labute approximate surface area is 131 Å². The Morgan fingerprint density at radius 1 is 1.23 bits per heavy atom. The minimum absolute atomic E-state index is 0.147. The van der Waals surface area contributed by atoms with Gasteiger partial charge in [-0.1, -0.05) is 50.3 Å². The molecule has 0 saturated carbocycles. The van der Waals surface area contributed by atoms with E-state index in [1.807, 2.05) is 44.2 Å². The van der Waals surface area contributed by atoms with E-state index in [-0.39, 0.29) is 18.9 Å². The molecule has 0 aliphatic heterocycles. The van der Waals surface area contributed by atoms with Crippen molar-refractivity contribution in [3.05, 3.63) is 48.6 Å². The zero-order valence-corrected chi connectivity index (χ0v) is 13.1. The molecule has 1 aromatic carbocycles. The van der Waals surface area contributed by atoms with Gasteiger partial charge in [0.2, 0.25) is 0 Å². The number of nitrogens with one attached hydrogen (secondary N) is 1. The molecule has 5 nitrogen and oxygen atoms in total. The highest BCUT2D eigenvalue weighted by Crippen LogP contribution is 2.03. The molecule has 5 heteroatoms. The summed E-state index contributed by atoms with van der Waals surface area (Å²) in [5.41, 5.74) is 0.875. The first-order valence-corrected chi connectivity index (χ1v) is 7.27. The fourth-order valence-electron chi connectivity index (χ4n) is 1.64. The van der Waals surface area contributed by atoms with Gasteiger partial charge in [-0.25, -0.2) is 9.59 Å². The lowest BCUT2D eigenvalue weighted by Crippen LogP contribution is -2.42. The van der Waals surface area contributed by atoms with E-state index in [4.69, 9.17) is 9.47 Å². The second-order valence-electron chi connectivity index (χ2n) is 5.31. The number of hydrogen-bond donors (Lipinski definition) is 1. The summed E-state index contributed by atoms with van der Waals surface area (Å²) in [6, 6.07) is 8.53. The average Bonchev–Trinajstić information content (AvgIpc) is 2.51. The number of amides is 1. The summed E-state index contributed by atoms with van der Waals surface area (Å²) in [5, 5.41) is 2.50. The van der Waals surface area contributed by atoms with Crippen molar-refractivity contribution < 1.29 is 19.1 Å². The summed E-state index contributed by atoms with van der Waals surface area (Å²) in [7, 11) is 0. The Hall–Kier alpha value is -2.30. The molecule has 0 heterocycles. The van der Waals surface area contributed by atoms with Crippen LogP contribution in [0.2, 0.25) is 0 Å². The molecule has 0 aromatic heterocycles. The molecule has 1 amide bonds. The molecule has 0 bridgehead atoms. The predicted octanol–water partition coefficient (Wildman–Crippen LogP) is 3.06. The van der Waals surface area contributed by atoms with Crippen molar-refractivity contribution in [3.63, 3.8) is 0 Å². The smallest absolute Gasteiger partial charge is 0.408 e. The van der Waals surface area contributed by atoms with Gasteiger partial charge in [-0.05, 0) is 17.9 Å². The van der Waals surface area contributed by atoms with Crippen LogP contribution in [-0.4, -0.2) is 24.7 Å². The van der Waals surface area contributed by atoms with Crippen LogP contribution in [0.15, 0.2) is 43.0 Å². The monoisotopic (exact) mass is 305 g/mol. The lowest BCUT2D eigenvalue weighted by Gasteiger charge is -2.17. The van der Waals surface area contributed by atoms with Gasteiger partial charge in [-0.2, -0.15) is 0 Å². The standard InChI is InChI=1S/C17H23NO4/c1-4-8-15(16(19)21-11-13(2)3)18-17(20)22-12-14-9-6-5-7-10-14/h4-7,9-10,13,15H,1,8,11-12H2,2-3H3,(H,18,20). The predicted molar refractivity (Wildman–Crippen MR) is 84.2 cm³/mol. The molecular formula is C17H23NO4. The average molecular weight is 305 g/mol. The third-order valence-electron chi connectivity index (χ3n) is 2.75. The second-order valence-corrected chi connectivity index (χ2v) is 5.31. The van der Waals surface area contributed by atoms with Gasteiger partial charge in [0, 0.05) is 0 Å². The Morgan fingerprint density at radius 3 is 2.50 bits per heavy atom. The van der Waals surface area contributed by atoms with E-state index >= 15 is 0 Å². The van der Waals surface area contributed by atoms with Crippen LogP contribution in [-0.2, 0) is 20.9 Å². The largest absolute Gasteiger partial charge is 0.464 e. The number of benzene rings is 1. The van der Waals surface area contributed by atoms with E-state index < -0.39 is 18.1 Å². The highest BCUT2D eigenvalue weighted by molar-refractivity contribution is 5.81. The summed E-state index contributed by atoms with van der Waals surface area (Å²) < 4.78 is 10.2. The molecule has 1 aromatic rings. The van der Waals surface area contributed by atoms with Gasteiger partial charge in [0.15, 0.2) is 0 Å². The van der Waals surface area contributed by atoms with Crippen LogP contribution < -0.4 is 5.32 Å². The fraction of sp³-hybridized carbons (Fsp3) is 0.412. The zero-order valence-electron chi connectivity index (χ0n) is 13.1. The molecule has 0 aliphatic carbocycles. The van der Waals surface area contributed by atoms with Crippen LogP contribution in [0.5, 0.6) is 0 Å². The topological polar surface area (TPSA) is 64.6 Å². The van der Waals surface area contributed by atoms with Gasteiger partial charge in [0.1, 0.15) is 12.6 Å². The van der Waals surface area contributed by atoms with E-state index in [0.717, 1.165) is 5.56 Å². The van der Waals surface area contributed by atoms with E-state index in [1.165, 1.54) is 0 Å². The van der Waals surface area contributed by atoms with Gasteiger partial charge in [0.25, 0.3) is 0 Å². The lowest BCUT2D eigenvalue weighted by atomic mass is 10.2. The van der Waals surface area contributed by atoms with Crippen LogP contribution >= 0.6 is 0 Å². The SMILES string of the molecule is C=CCC(NC(=O)OCc1ccccc1)C(=O)OCC(C)C. The number of hydrogen-bond acceptors (Lipinski definition) is 4.